The van der Waals surface area contributed by atoms with Crippen molar-refractivity contribution in [2.75, 3.05) is 6.61 Å². The Morgan fingerprint density at radius 1 is 1.88 bits per heavy atom. The van der Waals surface area contributed by atoms with Gasteiger partial charge in [-0.3, -0.25) is 10.5 Å². The second-order valence-electron chi connectivity index (χ2n) is 1.39. The monoisotopic (exact) mass is 137 g/mol. The topological polar surface area (TPSA) is 83.6 Å². The van der Waals surface area contributed by atoms with Gasteiger partial charge in [-0.15, -0.1) is 12.6 Å². The van der Waals surface area contributed by atoms with E-state index < -0.39 is 17.4 Å². The summed E-state index contributed by atoms with van der Waals surface area (Å²) in [5.74, 6) is 0. The Labute approximate surface area is 51.7 Å². The van der Waals surface area contributed by atoms with Crippen molar-refractivity contribution < 1.29 is 15.0 Å². The van der Waals surface area contributed by atoms with Gasteiger partial charge in [0.15, 0.2) is 0 Å². The van der Waals surface area contributed by atoms with Crippen molar-refractivity contribution >= 4 is 17.7 Å². The SMILES string of the molecule is NC(O)(CO)C(=O)S. The largest absolute Gasteiger partial charge is 0.391 e. The molecule has 0 aromatic rings. The predicted octanol–water partition coefficient (Wildman–Crippen LogP) is -1.92. The third-order valence-corrected chi connectivity index (χ3v) is 0.999. The average molecular weight is 137 g/mol. The molecule has 0 saturated carbocycles. The maximum absolute atomic E-state index is 10.0. The average Bonchev–Trinajstić information content (AvgIpc) is 1.67. The van der Waals surface area contributed by atoms with Crippen LogP contribution in [-0.4, -0.2) is 27.7 Å². The van der Waals surface area contributed by atoms with Crippen LogP contribution in [0.4, 0.5) is 0 Å². The van der Waals surface area contributed by atoms with Crippen LogP contribution in [0.2, 0.25) is 0 Å². The van der Waals surface area contributed by atoms with Gasteiger partial charge < -0.3 is 10.2 Å². The zero-order valence-corrected chi connectivity index (χ0v) is 4.93. The lowest BCUT2D eigenvalue weighted by molar-refractivity contribution is -0.130. The first-order chi connectivity index (χ1) is 3.50. The number of nitrogens with two attached hydrogens (primary N) is 1. The van der Waals surface area contributed by atoms with Crippen LogP contribution < -0.4 is 5.73 Å². The summed E-state index contributed by atoms with van der Waals surface area (Å²) in [6.45, 7) is -0.810. The van der Waals surface area contributed by atoms with Gasteiger partial charge in [0.2, 0.25) is 10.8 Å². The molecule has 8 heavy (non-hydrogen) atoms. The molecule has 0 spiro atoms. The molecule has 0 aliphatic rings. The molecule has 0 radical (unpaired) electrons. The van der Waals surface area contributed by atoms with E-state index in [0.717, 1.165) is 0 Å². The van der Waals surface area contributed by atoms with Gasteiger partial charge in [0, 0.05) is 0 Å². The van der Waals surface area contributed by atoms with Crippen molar-refractivity contribution in [3.63, 3.8) is 0 Å². The molecule has 4 nitrogen and oxygen atoms in total. The van der Waals surface area contributed by atoms with Crippen LogP contribution in [0.5, 0.6) is 0 Å². The molecule has 48 valence electrons. The van der Waals surface area contributed by atoms with E-state index in [1.807, 2.05) is 0 Å². The molecule has 5 heteroatoms. The minimum absolute atomic E-state index is 0.810. The standard InChI is InChI=1S/C3H7NO3S/c4-3(7,1-5)2(6)8/h5,7H,1,4H2,(H,6,8). The molecular weight excluding hydrogens is 130 g/mol. The highest BCUT2D eigenvalue weighted by atomic mass is 32.1. The van der Waals surface area contributed by atoms with Crippen molar-refractivity contribution in [1.29, 1.82) is 0 Å². The first-order valence-corrected chi connectivity index (χ1v) is 2.31. The Morgan fingerprint density at radius 3 is 2.25 bits per heavy atom. The number of rotatable bonds is 2. The van der Waals surface area contributed by atoms with Crippen LogP contribution in [0.3, 0.4) is 0 Å². The minimum atomic E-state index is -2.18. The van der Waals surface area contributed by atoms with E-state index in [9.17, 15) is 4.79 Å². The van der Waals surface area contributed by atoms with Gasteiger partial charge in [0.1, 0.15) is 0 Å². The Bertz CT molecular complexity index is 103. The fourth-order valence-electron chi connectivity index (χ4n) is 0.0676. The van der Waals surface area contributed by atoms with Crippen LogP contribution in [0.1, 0.15) is 0 Å². The van der Waals surface area contributed by atoms with E-state index in [1.54, 1.807) is 0 Å². The second kappa shape index (κ2) is 2.45. The fourth-order valence-corrected chi connectivity index (χ4v) is 0.138. The molecule has 0 saturated heterocycles. The third-order valence-electron chi connectivity index (χ3n) is 0.611. The molecule has 0 aliphatic heterocycles. The molecule has 0 aromatic heterocycles. The van der Waals surface area contributed by atoms with Crippen molar-refractivity contribution in [1.82, 2.24) is 0 Å². The summed E-state index contributed by atoms with van der Waals surface area (Å²) in [5.41, 5.74) is 2.56. The summed E-state index contributed by atoms with van der Waals surface area (Å²) in [7, 11) is 0. The molecule has 0 rings (SSSR count). The minimum Gasteiger partial charge on any atom is -0.391 e. The van der Waals surface area contributed by atoms with Crippen molar-refractivity contribution in [2.45, 2.75) is 5.72 Å². The Balaban J connectivity index is 3.91. The van der Waals surface area contributed by atoms with Gasteiger partial charge in [0.25, 0.3) is 0 Å². The molecular formula is C3H7NO3S. The molecule has 0 amide bonds. The number of carbonyl (C=O) groups excluding carboxylic acids is 1. The Hall–Kier alpha value is -0.100. The van der Waals surface area contributed by atoms with Crippen LogP contribution in [-0.2, 0) is 4.79 Å². The maximum Gasteiger partial charge on any atom is 0.234 e. The molecule has 1 atom stereocenters. The lowest BCUT2D eigenvalue weighted by Crippen LogP contribution is -2.48. The molecule has 0 aliphatic carbocycles. The van der Waals surface area contributed by atoms with E-state index in [0.29, 0.717) is 0 Å². The normalized spacial score (nSPS) is 17.5. The van der Waals surface area contributed by atoms with Gasteiger partial charge in [-0.1, -0.05) is 0 Å². The Morgan fingerprint density at radius 2 is 2.25 bits per heavy atom. The van der Waals surface area contributed by atoms with Gasteiger partial charge >= 0.3 is 0 Å². The van der Waals surface area contributed by atoms with E-state index in [1.165, 1.54) is 0 Å². The number of aliphatic hydroxyl groups excluding tert-OH is 1. The quantitative estimate of drug-likeness (QED) is 0.264. The Kier molecular flexibility index (Phi) is 2.42. The van der Waals surface area contributed by atoms with Crippen molar-refractivity contribution in [3.05, 3.63) is 0 Å². The van der Waals surface area contributed by atoms with Gasteiger partial charge in [0.05, 0.1) is 6.61 Å². The maximum atomic E-state index is 10.0. The second-order valence-corrected chi connectivity index (χ2v) is 1.79. The van der Waals surface area contributed by atoms with E-state index in [-0.39, 0.29) is 0 Å². The molecule has 4 N–H and O–H groups in total. The van der Waals surface area contributed by atoms with Crippen LogP contribution in [0, 0.1) is 0 Å². The summed E-state index contributed by atoms with van der Waals surface area (Å²) in [5, 5.41) is 15.7. The van der Waals surface area contributed by atoms with E-state index >= 15 is 0 Å². The third kappa shape index (κ3) is 1.79. The van der Waals surface area contributed by atoms with Gasteiger partial charge in [-0.25, -0.2) is 0 Å². The zero-order valence-electron chi connectivity index (χ0n) is 4.03. The fraction of sp³-hybridized carbons (Fsp3) is 0.667. The number of hydrogen-bond donors (Lipinski definition) is 4. The van der Waals surface area contributed by atoms with Crippen LogP contribution in [0.15, 0.2) is 0 Å². The summed E-state index contributed by atoms with van der Waals surface area (Å²) < 4.78 is 0. The molecule has 0 heterocycles. The summed E-state index contributed by atoms with van der Waals surface area (Å²) in [4.78, 5) is 10.0. The van der Waals surface area contributed by atoms with Crippen molar-refractivity contribution in [2.24, 2.45) is 5.73 Å². The first-order valence-electron chi connectivity index (χ1n) is 1.86. The number of aliphatic hydroxyl groups is 2. The van der Waals surface area contributed by atoms with E-state index in [4.69, 9.17) is 15.9 Å². The highest BCUT2D eigenvalue weighted by Crippen LogP contribution is 1.96. The van der Waals surface area contributed by atoms with Gasteiger partial charge in [-0.05, 0) is 0 Å². The highest BCUT2D eigenvalue weighted by molar-refractivity contribution is 7.96. The van der Waals surface area contributed by atoms with Crippen LogP contribution in [0.25, 0.3) is 0 Å². The summed E-state index contributed by atoms with van der Waals surface area (Å²) in [6, 6.07) is 0. The molecule has 0 aromatic carbocycles. The van der Waals surface area contributed by atoms with Gasteiger partial charge in [-0.2, -0.15) is 0 Å². The predicted molar refractivity (Wildman–Crippen MR) is 30.2 cm³/mol. The number of thiol groups is 1. The number of carbonyl (C=O) groups is 1. The van der Waals surface area contributed by atoms with Crippen molar-refractivity contribution in [3.8, 4) is 0 Å². The molecule has 0 bridgehead atoms. The summed E-state index contributed by atoms with van der Waals surface area (Å²) in [6.07, 6.45) is 0. The zero-order chi connectivity index (χ0) is 6.78. The lowest BCUT2D eigenvalue weighted by Gasteiger charge is -2.13. The molecule has 1 unspecified atom stereocenters. The van der Waals surface area contributed by atoms with Crippen LogP contribution >= 0.6 is 12.6 Å². The van der Waals surface area contributed by atoms with E-state index in [2.05, 4.69) is 12.6 Å². The first kappa shape index (κ1) is 7.90. The molecule has 0 fully saturated rings. The highest BCUT2D eigenvalue weighted by Gasteiger charge is 2.26. The lowest BCUT2D eigenvalue weighted by atomic mass is 10.3. The smallest absolute Gasteiger partial charge is 0.234 e. The number of hydrogen-bond acceptors (Lipinski definition) is 4. The summed E-state index contributed by atoms with van der Waals surface area (Å²) >= 11 is 3.18.